The standard InChI is InChI=1S/C22H26N2O3.ClH/c1-3-17-7-9-18(10-8-17)21-14-23-11-12-24(21)22(26)15-27-20-6-4-5-19(13-20)16(2)25;/h4-10,13,21,23H,3,11-12,14-15H2,1-2H3;1H. The number of hydrogen-bond acceptors (Lipinski definition) is 4. The Labute approximate surface area is 172 Å². The second-order valence-corrected chi connectivity index (χ2v) is 6.77. The predicted octanol–water partition coefficient (Wildman–Crippen LogP) is 3.43. The van der Waals surface area contributed by atoms with Crippen molar-refractivity contribution in [2.75, 3.05) is 26.2 Å². The third kappa shape index (κ3) is 5.33. The van der Waals surface area contributed by atoms with Gasteiger partial charge in [0.05, 0.1) is 6.04 Å². The van der Waals surface area contributed by atoms with Gasteiger partial charge in [0.15, 0.2) is 12.4 Å². The molecule has 1 aliphatic heterocycles. The number of hydrogen-bond donors (Lipinski definition) is 1. The first kappa shape index (κ1) is 21.9. The van der Waals surface area contributed by atoms with Crippen LogP contribution in [0.1, 0.15) is 41.4 Å². The van der Waals surface area contributed by atoms with Gasteiger partial charge in [-0.2, -0.15) is 0 Å². The lowest BCUT2D eigenvalue weighted by atomic mass is 10.0. The van der Waals surface area contributed by atoms with Crippen LogP contribution >= 0.6 is 12.4 Å². The van der Waals surface area contributed by atoms with Crippen LogP contribution in [0.3, 0.4) is 0 Å². The maximum Gasteiger partial charge on any atom is 0.261 e. The van der Waals surface area contributed by atoms with E-state index in [0.29, 0.717) is 17.9 Å². The second-order valence-electron chi connectivity index (χ2n) is 6.77. The highest BCUT2D eigenvalue weighted by Gasteiger charge is 2.28. The molecule has 0 radical (unpaired) electrons. The minimum absolute atomic E-state index is 0. The van der Waals surface area contributed by atoms with Crippen LogP contribution in [0.2, 0.25) is 0 Å². The first-order valence-electron chi connectivity index (χ1n) is 9.41. The highest BCUT2D eigenvalue weighted by Crippen LogP contribution is 2.23. The zero-order valence-corrected chi connectivity index (χ0v) is 17.1. The smallest absolute Gasteiger partial charge is 0.261 e. The quantitative estimate of drug-likeness (QED) is 0.752. The van der Waals surface area contributed by atoms with Crippen LogP contribution in [0.25, 0.3) is 0 Å². The Kier molecular flexibility index (Phi) is 8.03. The SMILES string of the molecule is CCc1ccc(C2CNCCN2C(=O)COc2cccc(C(C)=O)c2)cc1.Cl. The molecule has 1 heterocycles. The van der Waals surface area contributed by atoms with Gasteiger partial charge < -0.3 is 15.0 Å². The third-order valence-electron chi connectivity index (χ3n) is 4.94. The molecule has 0 saturated carbocycles. The van der Waals surface area contributed by atoms with Crippen LogP contribution in [0, 0.1) is 0 Å². The maximum absolute atomic E-state index is 12.8. The summed E-state index contributed by atoms with van der Waals surface area (Å²) in [4.78, 5) is 26.2. The molecule has 6 heteroatoms. The van der Waals surface area contributed by atoms with Crippen molar-refractivity contribution in [2.24, 2.45) is 0 Å². The number of nitrogens with one attached hydrogen (secondary N) is 1. The van der Waals surface area contributed by atoms with Crippen LogP contribution in [0.5, 0.6) is 5.75 Å². The van der Waals surface area contributed by atoms with Gasteiger partial charge in [0.2, 0.25) is 0 Å². The molecular weight excluding hydrogens is 376 g/mol. The van der Waals surface area contributed by atoms with Crippen LogP contribution in [0.15, 0.2) is 48.5 Å². The number of aryl methyl sites for hydroxylation is 1. The third-order valence-corrected chi connectivity index (χ3v) is 4.94. The lowest BCUT2D eigenvalue weighted by molar-refractivity contribution is -0.136. The molecule has 0 aromatic heterocycles. The number of carbonyl (C=O) groups is 2. The number of ketones is 1. The van der Waals surface area contributed by atoms with E-state index in [4.69, 9.17) is 4.74 Å². The average Bonchev–Trinajstić information content (AvgIpc) is 2.72. The summed E-state index contributed by atoms with van der Waals surface area (Å²) in [7, 11) is 0. The van der Waals surface area contributed by atoms with E-state index in [9.17, 15) is 9.59 Å². The van der Waals surface area contributed by atoms with Crippen molar-refractivity contribution in [1.82, 2.24) is 10.2 Å². The molecule has 1 unspecified atom stereocenters. The number of halogens is 1. The molecule has 0 bridgehead atoms. The Hall–Kier alpha value is -2.37. The number of nitrogens with zero attached hydrogens (tertiary/aromatic N) is 1. The molecule has 0 spiro atoms. The van der Waals surface area contributed by atoms with Crippen molar-refractivity contribution in [3.05, 3.63) is 65.2 Å². The van der Waals surface area contributed by atoms with Gasteiger partial charge in [-0.05, 0) is 36.6 Å². The number of benzene rings is 2. The Bertz CT molecular complexity index is 808. The second kappa shape index (κ2) is 10.2. The lowest BCUT2D eigenvalue weighted by Crippen LogP contribution is -2.50. The highest BCUT2D eigenvalue weighted by atomic mass is 35.5. The van der Waals surface area contributed by atoms with Gasteiger partial charge in [-0.1, -0.05) is 43.3 Å². The number of Topliss-reactive ketones (excluding diaryl/α,β-unsaturated/α-hetero) is 1. The molecule has 2 aromatic rings. The molecule has 1 saturated heterocycles. The zero-order chi connectivity index (χ0) is 19.2. The van der Waals surface area contributed by atoms with E-state index in [1.807, 2.05) is 4.90 Å². The molecular formula is C22H27ClN2O3. The van der Waals surface area contributed by atoms with Gasteiger partial charge in [-0.25, -0.2) is 0 Å². The summed E-state index contributed by atoms with van der Waals surface area (Å²) in [6, 6.07) is 15.4. The summed E-state index contributed by atoms with van der Waals surface area (Å²) >= 11 is 0. The largest absolute Gasteiger partial charge is 0.484 e. The van der Waals surface area contributed by atoms with Crippen molar-refractivity contribution in [2.45, 2.75) is 26.3 Å². The fourth-order valence-electron chi connectivity index (χ4n) is 3.31. The number of carbonyl (C=O) groups excluding carboxylic acids is 2. The van der Waals surface area contributed by atoms with Crippen molar-refractivity contribution in [3.63, 3.8) is 0 Å². The van der Waals surface area contributed by atoms with Crippen LogP contribution in [-0.2, 0) is 11.2 Å². The van der Waals surface area contributed by atoms with Crippen molar-refractivity contribution in [1.29, 1.82) is 0 Å². The van der Waals surface area contributed by atoms with E-state index in [0.717, 1.165) is 25.1 Å². The molecule has 3 rings (SSSR count). The molecule has 28 heavy (non-hydrogen) atoms. The van der Waals surface area contributed by atoms with Crippen LogP contribution < -0.4 is 10.1 Å². The average molecular weight is 403 g/mol. The van der Waals surface area contributed by atoms with Gasteiger partial charge in [-0.3, -0.25) is 9.59 Å². The Morgan fingerprint density at radius 1 is 1.18 bits per heavy atom. The van der Waals surface area contributed by atoms with Crippen LogP contribution in [-0.4, -0.2) is 42.8 Å². The topological polar surface area (TPSA) is 58.6 Å². The lowest BCUT2D eigenvalue weighted by Gasteiger charge is -2.36. The molecule has 1 atom stereocenters. The number of piperazine rings is 1. The Morgan fingerprint density at radius 3 is 2.61 bits per heavy atom. The van der Waals surface area contributed by atoms with Gasteiger partial charge in [0, 0.05) is 25.2 Å². The summed E-state index contributed by atoms with van der Waals surface area (Å²) < 4.78 is 5.67. The summed E-state index contributed by atoms with van der Waals surface area (Å²) in [5, 5.41) is 3.37. The maximum atomic E-state index is 12.8. The summed E-state index contributed by atoms with van der Waals surface area (Å²) in [6.07, 6.45) is 0.999. The summed E-state index contributed by atoms with van der Waals surface area (Å²) in [6.45, 7) is 5.76. The molecule has 150 valence electrons. The van der Waals surface area contributed by atoms with E-state index in [2.05, 4.69) is 36.5 Å². The van der Waals surface area contributed by atoms with Gasteiger partial charge in [0.25, 0.3) is 5.91 Å². The van der Waals surface area contributed by atoms with Crippen molar-refractivity contribution < 1.29 is 14.3 Å². The zero-order valence-electron chi connectivity index (χ0n) is 16.3. The van der Waals surface area contributed by atoms with Crippen molar-refractivity contribution in [3.8, 4) is 5.75 Å². The van der Waals surface area contributed by atoms with Crippen LogP contribution in [0.4, 0.5) is 0 Å². The number of rotatable bonds is 6. The molecule has 1 amide bonds. The summed E-state index contributed by atoms with van der Waals surface area (Å²) in [5.41, 5.74) is 3.00. The van der Waals surface area contributed by atoms with Gasteiger partial charge in [0.1, 0.15) is 5.75 Å². The molecule has 2 aromatic carbocycles. The monoisotopic (exact) mass is 402 g/mol. The Morgan fingerprint density at radius 2 is 1.93 bits per heavy atom. The molecule has 1 N–H and O–H groups in total. The summed E-state index contributed by atoms with van der Waals surface area (Å²) in [5.74, 6) is 0.466. The van der Waals surface area contributed by atoms with E-state index >= 15 is 0 Å². The number of ether oxygens (including phenoxy) is 1. The van der Waals surface area contributed by atoms with E-state index in [1.54, 1.807) is 24.3 Å². The van der Waals surface area contributed by atoms with Crippen molar-refractivity contribution >= 4 is 24.1 Å². The Balaban J connectivity index is 0.00000280. The first-order valence-corrected chi connectivity index (χ1v) is 9.41. The minimum Gasteiger partial charge on any atom is -0.484 e. The predicted molar refractivity (Wildman–Crippen MR) is 112 cm³/mol. The molecule has 1 aliphatic rings. The number of amides is 1. The van der Waals surface area contributed by atoms with E-state index in [-0.39, 0.29) is 36.7 Å². The van der Waals surface area contributed by atoms with Gasteiger partial charge in [-0.15, -0.1) is 12.4 Å². The van der Waals surface area contributed by atoms with E-state index in [1.165, 1.54) is 12.5 Å². The van der Waals surface area contributed by atoms with Gasteiger partial charge >= 0.3 is 0 Å². The fraction of sp³-hybridized carbons (Fsp3) is 0.364. The first-order chi connectivity index (χ1) is 13.1. The molecule has 1 fully saturated rings. The molecule has 5 nitrogen and oxygen atoms in total. The normalized spacial score (nSPS) is 16.2. The fourth-order valence-corrected chi connectivity index (χ4v) is 3.31. The minimum atomic E-state index is -0.0469. The van der Waals surface area contributed by atoms with E-state index < -0.39 is 0 Å². The highest BCUT2D eigenvalue weighted by molar-refractivity contribution is 5.94. The molecule has 0 aliphatic carbocycles.